The van der Waals surface area contributed by atoms with Gasteiger partial charge in [-0.05, 0) is 30.3 Å². The Hall–Kier alpha value is -3.74. The molecule has 130 valence electrons. The second-order valence-corrected chi connectivity index (χ2v) is 5.83. The summed E-state index contributed by atoms with van der Waals surface area (Å²) in [5.41, 5.74) is 2.39. The van der Waals surface area contributed by atoms with Crippen molar-refractivity contribution in [3.63, 3.8) is 0 Å². The minimum absolute atomic E-state index is 0.158. The van der Waals surface area contributed by atoms with Crippen molar-refractivity contribution >= 4 is 39.1 Å². The molecule has 0 fully saturated rings. The number of fused-ring (bicyclic) bond motifs is 3. The first-order valence-electron chi connectivity index (χ1n) is 7.88. The molecule has 4 aromatic rings. The number of carboxylic acids is 1. The van der Waals surface area contributed by atoms with Gasteiger partial charge in [0.15, 0.2) is 0 Å². The Morgan fingerprint density at radius 3 is 2.81 bits per heavy atom. The zero-order valence-electron chi connectivity index (χ0n) is 13.8. The number of benzene rings is 2. The molecule has 0 saturated heterocycles. The molecule has 0 aliphatic rings. The first-order valence-corrected chi connectivity index (χ1v) is 7.88. The Morgan fingerprint density at radius 2 is 2.04 bits per heavy atom. The lowest BCUT2D eigenvalue weighted by atomic mass is 10.1. The topological polar surface area (TPSA) is 107 Å². The number of H-pyrrole nitrogens is 2. The monoisotopic (exact) mass is 349 g/mol. The van der Waals surface area contributed by atoms with Crippen LogP contribution in [0.2, 0.25) is 0 Å². The summed E-state index contributed by atoms with van der Waals surface area (Å²) in [6, 6.07) is 12.1. The smallest absolute Gasteiger partial charge is 0.335 e. The number of aromatic carboxylic acids is 1. The van der Waals surface area contributed by atoms with E-state index in [0.29, 0.717) is 33.2 Å². The van der Waals surface area contributed by atoms with Gasteiger partial charge in [-0.25, -0.2) is 4.79 Å². The Morgan fingerprint density at radius 1 is 1.19 bits per heavy atom. The largest absolute Gasteiger partial charge is 0.497 e. The van der Waals surface area contributed by atoms with Gasteiger partial charge in [-0.1, -0.05) is 6.07 Å². The fourth-order valence-corrected chi connectivity index (χ4v) is 3.01. The molecular weight excluding hydrogens is 334 g/mol. The first-order chi connectivity index (χ1) is 12.6. The summed E-state index contributed by atoms with van der Waals surface area (Å²) < 4.78 is 5.23. The molecule has 0 spiro atoms. The second kappa shape index (κ2) is 5.96. The molecule has 2 heterocycles. The average Bonchev–Trinajstić information content (AvgIpc) is 3.04. The third kappa shape index (κ3) is 2.55. The normalized spacial score (nSPS) is 11.0. The average molecular weight is 349 g/mol. The number of anilines is 2. The van der Waals surface area contributed by atoms with Crippen LogP contribution in [0, 0.1) is 0 Å². The summed E-state index contributed by atoms with van der Waals surface area (Å²) in [4.78, 5) is 29.3. The molecule has 7 nitrogen and oxygen atoms in total. The summed E-state index contributed by atoms with van der Waals surface area (Å²) >= 11 is 0. The fourth-order valence-electron chi connectivity index (χ4n) is 3.01. The van der Waals surface area contributed by atoms with Crippen LogP contribution in [-0.2, 0) is 0 Å². The molecule has 26 heavy (non-hydrogen) atoms. The van der Waals surface area contributed by atoms with E-state index >= 15 is 0 Å². The molecule has 0 aliphatic heterocycles. The van der Waals surface area contributed by atoms with Gasteiger partial charge in [0.25, 0.3) is 5.56 Å². The number of aromatic amines is 2. The molecule has 7 heteroatoms. The lowest BCUT2D eigenvalue weighted by Crippen LogP contribution is -2.06. The summed E-state index contributed by atoms with van der Waals surface area (Å²) in [7, 11) is 1.59. The lowest BCUT2D eigenvalue weighted by Gasteiger charge is -2.09. The van der Waals surface area contributed by atoms with Crippen molar-refractivity contribution in [3.8, 4) is 5.75 Å². The molecule has 0 amide bonds. The zero-order valence-corrected chi connectivity index (χ0v) is 13.8. The van der Waals surface area contributed by atoms with E-state index in [9.17, 15) is 14.7 Å². The highest BCUT2D eigenvalue weighted by Crippen LogP contribution is 2.32. The number of pyridine rings is 1. The van der Waals surface area contributed by atoms with Crippen LogP contribution in [-0.4, -0.2) is 28.2 Å². The highest BCUT2D eigenvalue weighted by molar-refractivity contribution is 6.14. The van der Waals surface area contributed by atoms with Gasteiger partial charge in [-0.3, -0.25) is 4.79 Å². The van der Waals surface area contributed by atoms with Crippen LogP contribution < -0.4 is 15.6 Å². The third-order valence-corrected chi connectivity index (χ3v) is 4.24. The van der Waals surface area contributed by atoms with Gasteiger partial charge in [0, 0.05) is 34.2 Å². The number of hydrogen-bond acceptors (Lipinski definition) is 4. The van der Waals surface area contributed by atoms with Gasteiger partial charge in [-0.2, -0.15) is 0 Å². The van der Waals surface area contributed by atoms with Crippen molar-refractivity contribution in [2.24, 2.45) is 0 Å². The van der Waals surface area contributed by atoms with Crippen molar-refractivity contribution in [3.05, 3.63) is 64.6 Å². The molecule has 0 saturated carbocycles. The highest BCUT2D eigenvalue weighted by Gasteiger charge is 2.14. The van der Waals surface area contributed by atoms with Gasteiger partial charge >= 0.3 is 5.97 Å². The van der Waals surface area contributed by atoms with E-state index in [1.54, 1.807) is 25.4 Å². The molecule has 2 aromatic carbocycles. The van der Waals surface area contributed by atoms with Crippen LogP contribution >= 0.6 is 0 Å². The van der Waals surface area contributed by atoms with Gasteiger partial charge in [-0.15, -0.1) is 0 Å². The number of hydrogen-bond donors (Lipinski definition) is 4. The van der Waals surface area contributed by atoms with Crippen LogP contribution in [0.1, 0.15) is 10.4 Å². The van der Waals surface area contributed by atoms with Gasteiger partial charge < -0.3 is 25.1 Å². The van der Waals surface area contributed by atoms with Crippen LogP contribution in [0.4, 0.5) is 11.4 Å². The quantitative estimate of drug-likeness (QED) is 0.451. The van der Waals surface area contributed by atoms with Crippen LogP contribution in [0.5, 0.6) is 5.75 Å². The first kappa shape index (κ1) is 15.8. The van der Waals surface area contributed by atoms with E-state index in [0.717, 1.165) is 5.69 Å². The Kier molecular flexibility index (Phi) is 3.62. The second-order valence-electron chi connectivity index (χ2n) is 5.83. The maximum atomic E-state index is 12.2. The van der Waals surface area contributed by atoms with Gasteiger partial charge in [0.1, 0.15) is 11.3 Å². The number of carbonyl (C=O) groups is 1. The van der Waals surface area contributed by atoms with Gasteiger partial charge in [0.05, 0.1) is 18.4 Å². The van der Waals surface area contributed by atoms with Crippen LogP contribution in [0.15, 0.2) is 53.5 Å². The van der Waals surface area contributed by atoms with E-state index < -0.39 is 5.97 Å². The van der Waals surface area contributed by atoms with E-state index in [2.05, 4.69) is 15.3 Å². The Labute approximate surface area is 147 Å². The maximum Gasteiger partial charge on any atom is 0.335 e. The van der Waals surface area contributed by atoms with Crippen LogP contribution in [0.3, 0.4) is 0 Å². The number of methoxy groups -OCH3 is 1. The van der Waals surface area contributed by atoms with Crippen molar-refractivity contribution in [2.75, 3.05) is 12.4 Å². The Balaban J connectivity index is 1.95. The van der Waals surface area contributed by atoms with Gasteiger partial charge in [0.2, 0.25) is 0 Å². The molecule has 0 unspecified atom stereocenters. The molecule has 0 aliphatic carbocycles. The molecular formula is C19H15N3O4. The number of aromatic nitrogens is 2. The third-order valence-electron chi connectivity index (χ3n) is 4.24. The van der Waals surface area contributed by atoms with E-state index in [1.165, 1.54) is 6.07 Å². The lowest BCUT2D eigenvalue weighted by molar-refractivity contribution is 0.0697. The standard InChI is InChI=1S/C19H15N3O4/c1-26-12-4-2-3-11(8-12)21-15-9-20-18(23)17-16(15)13-7-10(19(24)25)5-6-14(13)22-17/h2-9,21-22H,1H3,(H,20,23)(H,24,25). The molecule has 4 N–H and O–H groups in total. The van der Waals surface area contributed by atoms with Crippen molar-refractivity contribution in [1.29, 1.82) is 0 Å². The van der Waals surface area contributed by atoms with Crippen LogP contribution in [0.25, 0.3) is 21.8 Å². The SMILES string of the molecule is COc1cccc(Nc2c[nH]c(=O)c3[nH]c4ccc(C(=O)O)cc4c23)c1. The molecule has 0 radical (unpaired) electrons. The van der Waals surface area contributed by atoms with Crippen molar-refractivity contribution in [1.82, 2.24) is 9.97 Å². The molecule has 4 rings (SSSR count). The predicted molar refractivity (Wildman–Crippen MR) is 99.7 cm³/mol. The highest BCUT2D eigenvalue weighted by atomic mass is 16.5. The number of carboxylic acid groups (broad SMARTS) is 1. The minimum Gasteiger partial charge on any atom is -0.497 e. The van der Waals surface area contributed by atoms with Crippen molar-refractivity contribution in [2.45, 2.75) is 0 Å². The fraction of sp³-hybridized carbons (Fsp3) is 0.0526. The summed E-state index contributed by atoms with van der Waals surface area (Å²) in [6.07, 6.45) is 1.57. The van der Waals surface area contributed by atoms with Crippen molar-refractivity contribution < 1.29 is 14.6 Å². The number of nitrogens with one attached hydrogen (secondary N) is 3. The van der Waals surface area contributed by atoms with E-state index in [-0.39, 0.29) is 11.1 Å². The molecule has 0 bridgehead atoms. The summed E-state index contributed by atoms with van der Waals surface area (Å²) in [6.45, 7) is 0. The zero-order chi connectivity index (χ0) is 18.3. The van der Waals surface area contributed by atoms with E-state index in [1.807, 2.05) is 24.3 Å². The number of ether oxygens (including phenoxy) is 1. The Bertz CT molecular complexity index is 1210. The minimum atomic E-state index is -1.02. The number of rotatable bonds is 4. The summed E-state index contributed by atoms with van der Waals surface area (Å²) in [5, 5.41) is 13.8. The van der Waals surface area contributed by atoms with E-state index in [4.69, 9.17) is 4.74 Å². The predicted octanol–water partition coefficient (Wildman–Crippen LogP) is 3.46. The molecule has 0 atom stereocenters. The molecule has 2 aromatic heterocycles. The summed E-state index contributed by atoms with van der Waals surface area (Å²) in [5.74, 6) is -0.323. The maximum absolute atomic E-state index is 12.2.